The molecule has 0 atom stereocenters. The van der Waals surface area contributed by atoms with Crippen LogP contribution in [-0.2, 0) is 9.59 Å². The van der Waals surface area contributed by atoms with Crippen LogP contribution in [0.25, 0.3) is 0 Å². The first kappa shape index (κ1) is 16.5. The van der Waals surface area contributed by atoms with Gasteiger partial charge < -0.3 is 15.4 Å². The Morgan fingerprint density at radius 2 is 1.61 bits per heavy atom. The Labute approximate surface area is 135 Å². The summed E-state index contributed by atoms with van der Waals surface area (Å²) in [6, 6.07) is 14.4. The van der Waals surface area contributed by atoms with Crippen LogP contribution in [0.1, 0.15) is 18.9 Å². The summed E-state index contributed by atoms with van der Waals surface area (Å²) in [7, 11) is 0. The summed E-state index contributed by atoms with van der Waals surface area (Å²) in [5.41, 5.74) is 2.35. The van der Waals surface area contributed by atoms with Crippen molar-refractivity contribution in [1.29, 1.82) is 0 Å². The maximum absolute atomic E-state index is 11.9. The molecule has 0 aliphatic carbocycles. The maximum Gasteiger partial charge on any atom is 0.233 e. The van der Waals surface area contributed by atoms with E-state index in [1.165, 1.54) is 0 Å². The van der Waals surface area contributed by atoms with Gasteiger partial charge in [0.15, 0.2) is 0 Å². The zero-order valence-corrected chi connectivity index (χ0v) is 13.3. The third kappa shape index (κ3) is 5.47. The summed E-state index contributed by atoms with van der Waals surface area (Å²) in [4.78, 5) is 23.8. The smallest absolute Gasteiger partial charge is 0.233 e. The molecular weight excluding hydrogens is 292 g/mol. The Morgan fingerprint density at radius 1 is 0.957 bits per heavy atom. The molecule has 120 valence electrons. The molecular formula is C18H20N2O3. The molecule has 0 fully saturated rings. The van der Waals surface area contributed by atoms with E-state index in [1.54, 1.807) is 30.3 Å². The van der Waals surface area contributed by atoms with Gasteiger partial charge in [0.2, 0.25) is 11.8 Å². The van der Waals surface area contributed by atoms with E-state index in [-0.39, 0.29) is 18.2 Å². The zero-order chi connectivity index (χ0) is 16.7. The minimum atomic E-state index is -0.362. The number of rotatable bonds is 6. The summed E-state index contributed by atoms with van der Waals surface area (Å²) in [6.45, 7) is 4.43. The van der Waals surface area contributed by atoms with Crippen LogP contribution in [0.2, 0.25) is 0 Å². The molecule has 0 unspecified atom stereocenters. The Hall–Kier alpha value is -2.82. The maximum atomic E-state index is 11.9. The molecule has 2 rings (SSSR count). The lowest BCUT2D eigenvalue weighted by molar-refractivity contribution is -0.123. The summed E-state index contributed by atoms with van der Waals surface area (Å²) in [6.07, 6.45) is -0.235. The molecule has 2 aromatic carbocycles. The third-order valence-electron chi connectivity index (χ3n) is 3.07. The van der Waals surface area contributed by atoms with Crippen LogP contribution in [0, 0.1) is 6.92 Å². The highest BCUT2D eigenvalue weighted by Crippen LogP contribution is 2.16. The molecule has 0 saturated carbocycles. The monoisotopic (exact) mass is 312 g/mol. The highest BCUT2D eigenvalue weighted by Gasteiger charge is 2.10. The fourth-order valence-corrected chi connectivity index (χ4v) is 2.08. The first-order valence-corrected chi connectivity index (χ1v) is 7.46. The van der Waals surface area contributed by atoms with Gasteiger partial charge in [-0.1, -0.05) is 12.1 Å². The standard InChI is InChI=1S/C18H20N2O3/c1-3-23-16-9-7-14(8-10-16)19-17(21)12-18(22)20-15-6-4-5-13(2)11-15/h4-11H,3,12H2,1-2H3,(H,19,21)(H,20,22). The predicted octanol–water partition coefficient (Wildman–Crippen LogP) is 3.36. The van der Waals surface area contributed by atoms with Crippen molar-refractivity contribution in [2.45, 2.75) is 20.3 Å². The molecule has 2 aromatic rings. The summed E-state index contributed by atoms with van der Waals surface area (Å²) >= 11 is 0. The molecule has 0 aromatic heterocycles. The van der Waals surface area contributed by atoms with Gasteiger partial charge in [-0.3, -0.25) is 9.59 Å². The molecule has 0 spiro atoms. The van der Waals surface area contributed by atoms with Gasteiger partial charge in [-0.15, -0.1) is 0 Å². The fourth-order valence-electron chi connectivity index (χ4n) is 2.08. The topological polar surface area (TPSA) is 67.4 Å². The lowest BCUT2D eigenvalue weighted by atomic mass is 10.2. The van der Waals surface area contributed by atoms with Crippen LogP contribution in [0.4, 0.5) is 11.4 Å². The Bertz CT molecular complexity index is 681. The van der Waals surface area contributed by atoms with E-state index in [1.807, 2.05) is 32.0 Å². The molecule has 0 radical (unpaired) electrons. The van der Waals surface area contributed by atoms with Crippen LogP contribution in [0.5, 0.6) is 5.75 Å². The van der Waals surface area contributed by atoms with E-state index in [0.717, 1.165) is 11.3 Å². The van der Waals surface area contributed by atoms with Crippen molar-refractivity contribution in [3.63, 3.8) is 0 Å². The number of carbonyl (C=O) groups is 2. The molecule has 0 saturated heterocycles. The molecule has 2 N–H and O–H groups in total. The number of aryl methyl sites for hydroxylation is 1. The zero-order valence-electron chi connectivity index (χ0n) is 13.3. The van der Waals surface area contributed by atoms with E-state index in [4.69, 9.17) is 4.74 Å². The minimum absolute atomic E-state index is 0.235. The predicted molar refractivity (Wildman–Crippen MR) is 90.7 cm³/mol. The van der Waals surface area contributed by atoms with Crippen LogP contribution in [0.15, 0.2) is 48.5 Å². The van der Waals surface area contributed by atoms with Gasteiger partial charge in [-0.25, -0.2) is 0 Å². The van der Waals surface area contributed by atoms with E-state index < -0.39 is 0 Å². The van der Waals surface area contributed by atoms with Crippen molar-refractivity contribution in [3.05, 3.63) is 54.1 Å². The number of benzene rings is 2. The minimum Gasteiger partial charge on any atom is -0.494 e. The van der Waals surface area contributed by atoms with Crippen molar-refractivity contribution in [3.8, 4) is 5.75 Å². The number of hydrogen-bond donors (Lipinski definition) is 2. The average Bonchev–Trinajstić information content (AvgIpc) is 2.49. The second-order valence-corrected chi connectivity index (χ2v) is 5.10. The highest BCUT2D eigenvalue weighted by atomic mass is 16.5. The van der Waals surface area contributed by atoms with Crippen molar-refractivity contribution in [2.24, 2.45) is 0 Å². The molecule has 5 heteroatoms. The average molecular weight is 312 g/mol. The molecule has 0 aliphatic heterocycles. The first-order chi connectivity index (χ1) is 11.1. The Kier molecular flexibility index (Phi) is 5.74. The number of amides is 2. The molecule has 23 heavy (non-hydrogen) atoms. The SMILES string of the molecule is CCOc1ccc(NC(=O)CC(=O)Nc2cccc(C)c2)cc1. The summed E-state index contributed by atoms with van der Waals surface area (Å²) in [5.74, 6) is 0.0287. The fraction of sp³-hybridized carbons (Fsp3) is 0.222. The van der Waals surface area contributed by atoms with Crippen LogP contribution < -0.4 is 15.4 Å². The van der Waals surface area contributed by atoms with Gasteiger partial charge in [0, 0.05) is 11.4 Å². The summed E-state index contributed by atoms with van der Waals surface area (Å²) < 4.78 is 5.33. The molecule has 0 bridgehead atoms. The quantitative estimate of drug-likeness (QED) is 0.804. The van der Waals surface area contributed by atoms with Gasteiger partial charge >= 0.3 is 0 Å². The van der Waals surface area contributed by atoms with Gasteiger partial charge in [0.1, 0.15) is 12.2 Å². The molecule has 0 heterocycles. The number of hydrogen-bond acceptors (Lipinski definition) is 3. The number of ether oxygens (including phenoxy) is 1. The van der Waals surface area contributed by atoms with Gasteiger partial charge in [0.25, 0.3) is 0 Å². The first-order valence-electron chi connectivity index (χ1n) is 7.46. The normalized spacial score (nSPS) is 10.0. The lowest BCUT2D eigenvalue weighted by Crippen LogP contribution is -2.21. The van der Waals surface area contributed by atoms with Crippen molar-refractivity contribution >= 4 is 23.2 Å². The van der Waals surface area contributed by atoms with Crippen LogP contribution in [-0.4, -0.2) is 18.4 Å². The van der Waals surface area contributed by atoms with Crippen molar-refractivity contribution in [2.75, 3.05) is 17.2 Å². The molecule has 0 aliphatic rings. The third-order valence-corrected chi connectivity index (χ3v) is 3.07. The highest BCUT2D eigenvalue weighted by molar-refractivity contribution is 6.08. The van der Waals surface area contributed by atoms with Gasteiger partial charge in [-0.05, 0) is 55.8 Å². The second-order valence-electron chi connectivity index (χ2n) is 5.10. The number of anilines is 2. The largest absolute Gasteiger partial charge is 0.494 e. The van der Waals surface area contributed by atoms with E-state index >= 15 is 0 Å². The van der Waals surface area contributed by atoms with Crippen LogP contribution in [0.3, 0.4) is 0 Å². The number of nitrogens with one attached hydrogen (secondary N) is 2. The Balaban J connectivity index is 1.85. The summed E-state index contributed by atoms with van der Waals surface area (Å²) in [5, 5.41) is 5.39. The lowest BCUT2D eigenvalue weighted by Gasteiger charge is -2.08. The molecule has 2 amide bonds. The van der Waals surface area contributed by atoms with Crippen molar-refractivity contribution < 1.29 is 14.3 Å². The van der Waals surface area contributed by atoms with Gasteiger partial charge in [0.05, 0.1) is 6.61 Å². The molecule has 5 nitrogen and oxygen atoms in total. The van der Waals surface area contributed by atoms with E-state index in [0.29, 0.717) is 18.0 Å². The van der Waals surface area contributed by atoms with Crippen LogP contribution >= 0.6 is 0 Å². The van der Waals surface area contributed by atoms with E-state index in [2.05, 4.69) is 10.6 Å². The second kappa shape index (κ2) is 7.98. The Morgan fingerprint density at radius 3 is 2.22 bits per heavy atom. The number of carbonyl (C=O) groups excluding carboxylic acids is 2. The van der Waals surface area contributed by atoms with Crippen molar-refractivity contribution in [1.82, 2.24) is 0 Å². The van der Waals surface area contributed by atoms with E-state index in [9.17, 15) is 9.59 Å². The van der Waals surface area contributed by atoms with Gasteiger partial charge in [-0.2, -0.15) is 0 Å².